The first-order valence-corrected chi connectivity index (χ1v) is 6.14. The van der Waals surface area contributed by atoms with Gasteiger partial charge in [0.15, 0.2) is 5.13 Å². The molecule has 94 valence electrons. The van der Waals surface area contributed by atoms with Crippen molar-refractivity contribution in [3.63, 3.8) is 0 Å². The van der Waals surface area contributed by atoms with Gasteiger partial charge in [0, 0.05) is 29.9 Å². The topological polar surface area (TPSA) is 65.0 Å². The van der Waals surface area contributed by atoms with Gasteiger partial charge in [0.2, 0.25) is 0 Å². The second-order valence-corrected chi connectivity index (χ2v) is 4.50. The molecule has 1 N–H and O–H groups in total. The van der Waals surface area contributed by atoms with Gasteiger partial charge in [0.1, 0.15) is 5.82 Å². The Balaban J connectivity index is 1.96. The number of anilines is 1. The molecule has 18 heavy (non-hydrogen) atoms. The van der Waals surface area contributed by atoms with Crippen LogP contribution >= 0.6 is 11.3 Å². The Labute approximate surface area is 107 Å². The minimum absolute atomic E-state index is 0.210. The minimum Gasteiger partial charge on any atom is -0.550 e. The molecule has 0 unspecified atom stereocenters. The predicted octanol–water partition coefficient (Wildman–Crippen LogP) is 1.19. The van der Waals surface area contributed by atoms with Crippen LogP contribution in [0.25, 0.3) is 0 Å². The second kappa shape index (κ2) is 5.59. The number of carboxylic acid groups (broad SMARTS) is 1. The number of aromatic nitrogens is 1. The highest BCUT2D eigenvalue weighted by molar-refractivity contribution is 7.13. The Kier molecular flexibility index (Phi) is 3.88. The molecule has 2 rings (SSSR count). The van der Waals surface area contributed by atoms with Crippen LogP contribution in [0.4, 0.5) is 9.52 Å². The van der Waals surface area contributed by atoms with Crippen LogP contribution in [0.2, 0.25) is 0 Å². The molecule has 1 aromatic carbocycles. The largest absolute Gasteiger partial charge is 0.550 e. The Morgan fingerprint density at radius 1 is 1.44 bits per heavy atom. The predicted molar refractivity (Wildman–Crippen MR) is 64.6 cm³/mol. The summed E-state index contributed by atoms with van der Waals surface area (Å²) in [5.41, 5.74) is 0.977. The number of benzene rings is 1. The maximum absolute atomic E-state index is 13.3. The van der Waals surface area contributed by atoms with E-state index in [9.17, 15) is 14.3 Å². The van der Waals surface area contributed by atoms with Crippen LogP contribution < -0.4 is 10.4 Å². The molecule has 0 bridgehead atoms. The lowest BCUT2D eigenvalue weighted by molar-refractivity contribution is -0.304. The third-order valence-corrected chi connectivity index (χ3v) is 3.11. The number of thiazole rings is 1. The van der Waals surface area contributed by atoms with Crippen molar-refractivity contribution in [2.45, 2.75) is 13.0 Å². The van der Waals surface area contributed by atoms with E-state index in [1.165, 1.54) is 17.4 Å². The molecule has 0 saturated heterocycles. The molecule has 2 aromatic rings. The molecule has 0 radical (unpaired) electrons. The molecule has 1 heterocycles. The molecular formula is C12H10FN2O2S-. The fourth-order valence-corrected chi connectivity index (χ4v) is 2.14. The van der Waals surface area contributed by atoms with Gasteiger partial charge < -0.3 is 15.2 Å². The fraction of sp³-hybridized carbons (Fsp3) is 0.167. The van der Waals surface area contributed by atoms with E-state index in [1.54, 1.807) is 23.6 Å². The number of nitrogens with one attached hydrogen (secondary N) is 1. The summed E-state index contributed by atoms with van der Waals surface area (Å²) in [5, 5.41) is 15.5. The average Bonchev–Trinajstić information content (AvgIpc) is 2.75. The normalized spacial score (nSPS) is 10.3. The summed E-state index contributed by atoms with van der Waals surface area (Å²) in [7, 11) is 0. The van der Waals surface area contributed by atoms with Gasteiger partial charge in [-0.3, -0.25) is 0 Å². The highest BCUT2D eigenvalue weighted by Crippen LogP contribution is 2.17. The summed E-state index contributed by atoms with van der Waals surface area (Å²) in [4.78, 5) is 14.4. The van der Waals surface area contributed by atoms with Crippen LogP contribution in [-0.2, 0) is 17.8 Å². The molecular weight excluding hydrogens is 255 g/mol. The van der Waals surface area contributed by atoms with Crippen molar-refractivity contribution in [1.29, 1.82) is 0 Å². The summed E-state index contributed by atoms with van der Waals surface area (Å²) in [5.74, 6) is -1.45. The lowest BCUT2D eigenvalue weighted by Gasteiger charge is -2.03. The third kappa shape index (κ3) is 3.27. The van der Waals surface area contributed by atoms with E-state index >= 15 is 0 Å². The van der Waals surface area contributed by atoms with Crippen LogP contribution in [0, 0.1) is 5.82 Å². The Hall–Kier alpha value is -1.95. The zero-order chi connectivity index (χ0) is 13.0. The quantitative estimate of drug-likeness (QED) is 0.882. The summed E-state index contributed by atoms with van der Waals surface area (Å²) in [6.07, 6.45) is -0.210. The van der Waals surface area contributed by atoms with Crippen molar-refractivity contribution >= 4 is 22.4 Å². The molecule has 0 amide bonds. The molecule has 4 nitrogen and oxygen atoms in total. The summed E-state index contributed by atoms with van der Waals surface area (Å²) >= 11 is 1.28. The molecule has 0 atom stereocenters. The molecule has 1 aromatic heterocycles. The Morgan fingerprint density at radius 2 is 2.22 bits per heavy atom. The van der Waals surface area contributed by atoms with Gasteiger partial charge in [-0.05, 0) is 6.07 Å². The summed E-state index contributed by atoms with van der Waals surface area (Å²) < 4.78 is 13.3. The van der Waals surface area contributed by atoms with E-state index in [4.69, 9.17) is 0 Å². The van der Waals surface area contributed by atoms with Gasteiger partial charge in [-0.1, -0.05) is 18.2 Å². The van der Waals surface area contributed by atoms with Crippen LogP contribution in [0.15, 0.2) is 29.6 Å². The van der Waals surface area contributed by atoms with Crippen molar-refractivity contribution in [2.24, 2.45) is 0 Å². The van der Waals surface area contributed by atoms with Crippen molar-refractivity contribution in [1.82, 2.24) is 4.98 Å². The number of carbonyl (C=O) groups is 1. The highest BCUT2D eigenvalue weighted by atomic mass is 32.1. The van der Waals surface area contributed by atoms with Gasteiger partial charge in [-0.25, -0.2) is 9.37 Å². The molecule has 0 aliphatic carbocycles. The molecule has 0 aliphatic rings. The standard InChI is InChI=1S/C12H11FN2O2S/c13-10-4-2-1-3-8(10)6-14-12-15-9(7-18-12)5-11(16)17/h1-4,7H,5-6H2,(H,14,15)(H,16,17)/p-1. The van der Waals surface area contributed by atoms with E-state index < -0.39 is 5.97 Å². The zero-order valence-corrected chi connectivity index (χ0v) is 10.2. The van der Waals surface area contributed by atoms with Gasteiger partial charge in [-0.15, -0.1) is 11.3 Å². The van der Waals surface area contributed by atoms with E-state index in [-0.39, 0.29) is 12.2 Å². The number of hydrogen-bond acceptors (Lipinski definition) is 5. The molecule has 0 aliphatic heterocycles. The van der Waals surface area contributed by atoms with Crippen LogP contribution in [0.1, 0.15) is 11.3 Å². The number of carboxylic acids is 1. The van der Waals surface area contributed by atoms with E-state index in [0.717, 1.165) is 0 Å². The lowest BCUT2D eigenvalue weighted by atomic mass is 10.2. The maximum Gasteiger partial charge on any atom is 0.183 e. The number of hydrogen-bond donors (Lipinski definition) is 1. The number of carbonyl (C=O) groups excluding carboxylic acids is 1. The molecule has 0 saturated carbocycles. The number of rotatable bonds is 5. The summed E-state index contributed by atoms with van der Waals surface area (Å²) in [6, 6.07) is 6.45. The van der Waals surface area contributed by atoms with Crippen molar-refractivity contribution in [3.05, 3.63) is 46.7 Å². The number of aliphatic carboxylic acids is 1. The smallest absolute Gasteiger partial charge is 0.183 e. The van der Waals surface area contributed by atoms with Crippen LogP contribution in [-0.4, -0.2) is 11.0 Å². The SMILES string of the molecule is O=C([O-])Cc1csc(NCc2ccccc2F)n1. The first-order chi connectivity index (χ1) is 8.65. The Bertz CT molecular complexity index is 557. The van der Waals surface area contributed by atoms with E-state index in [0.29, 0.717) is 22.9 Å². The maximum atomic E-state index is 13.3. The van der Waals surface area contributed by atoms with Crippen molar-refractivity contribution in [3.8, 4) is 0 Å². The van der Waals surface area contributed by atoms with Crippen LogP contribution in [0.3, 0.4) is 0 Å². The van der Waals surface area contributed by atoms with E-state index in [2.05, 4.69) is 10.3 Å². The number of nitrogens with zero attached hydrogens (tertiary/aromatic N) is 1. The van der Waals surface area contributed by atoms with Crippen molar-refractivity contribution < 1.29 is 14.3 Å². The zero-order valence-electron chi connectivity index (χ0n) is 9.35. The first kappa shape index (κ1) is 12.5. The van der Waals surface area contributed by atoms with Gasteiger partial charge in [0.05, 0.1) is 5.69 Å². The third-order valence-electron chi connectivity index (χ3n) is 2.27. The Morgan fingerprint density at radius 3 is 2.94 bits per heavy atom. The second-order valence-electron chi connectivity index (χ2n) is 3.64. The lowest BCUT2D eigenvalue weighted by Crippen LogP contribution is -2.24. The monoisotopic (exact) mass is 265 g/mol. The molecule has 0 spiro atoms. The van der Waals surface area contributed by atoms with Gasteiger partial charge in [0.25, 0.3) is 0 Å². The number of halogens is 1. The average molecular weight is 265 g/mol. The molecule has 0 fully saturated rings. The highest BCUT2D eigenvalue weighted by Gasteiger charge is 2.04. The van der Waals surface area contributed by atoms with Gasteiger partial charge >= 0.3 is 0 Å². The minimum atomic E-state index is -1.17. The first-order valence-electron chi connectivity index (χ1n) is 5.26. The molecule has 6 heteroatoms. The van der Waals surface area contributed by atoms with Crippen LogP contribution in [0.5, 0.6) is 0 Å². The fourth-order valence-electron chi connectivity index (χ4n) is 1.43. The van der Waals surface area contributed by atoms with E-state index in [1.807, 2.05) is 0 Å². The summed E-state index contributed by atoms with van der Waals surface area (Å²) in [6.45, 7) is 0.310. The van der Waals surface area contributed by atoms with Gasteiger partial charge in [-0.2, -0.15) is 0 Å². The van der Waals surface area contributed by atoms with Crippen molar-refractivity contribution in [2.75, 3.05) is 5.32 Å².